The van der Waals surface area contributed by atoms with Crippen molar-refractivity contribution in [2.45, 2.75) is 39.3 Å². The van der Waals surface area contributed by atoms with E-state index in [0.29, 0.717) is 6.04 Å². The molecule has 0 unspecified atom stereocenters. The van der Waals surface area contributed by atoms with Gasteiger partial charge in [0.1, 0.15) is 5.82 Å². The van der Waals surface area contributed by atoms with E-state index >= 15 is 0 Å². The Bertz CT molecular complexity index is 605. The SMILES string of the molecule is CCN(c1ccccc1C)c1ncccc1CNC1CC1. The molecule has 21 heavy (non-hydrogen) atoms. The predicted molar refractivity (Wildman–Crippen MR) is 88.0 cm³/mol. The van der Waals surface area contributed by atoms with Crippen LogP contribution in [0.1, 0.15) is 30.9 Å². The molecule has 3 heteroatoms. The number of hydrogen-bond donors (Lipinski definition) is 1. The molecule has 0 amide bonds. The molecule has 1 heterocycles. The van der Waals surface area contributed by atoms with Crippen molar-refractivity contribution in [1.29, 1.82) is 0 Å². The molecule has 3 nitrogen and oxygen atoms in total. The van der Waals surface area contributed by atoms with Gasteiger partial charge in [-0.25, -0.2) is 4.98 Å². The van der Waals surface area contributed by atoms with Crippen LogP contribution in [0, 0.1) is 6.92 Å². The van der Waals surface area contributed by atoms with Crippen molar-refractivity contribution < 1.29 is 0 Å². The molecule has 1 fully saturated rings. The molecule has 3 rings (SSSR count). The maximum atomic E-state index is 4.65. The zero-order valence-corrected chi connectivity index (χ0v) is 12.8. The average molecular weight is 281 g/mol. The van der Waals surface area contributed by atoms with Crippen molar-refractivity contribution in [2.75, 3.05) is 11.4 Å². The number of rotatable bonds is 6. The van der Waals surface area contributed by atoms with Crippen molar-refractivity contribution in [2.24, 2.45) is 0 Å². The van der Waals surface area contributed by atoms with Crippen LogP contribution in [-0.2, 0) is 6.54 Å². The lowest BCUT2D eigenvalue weighted by molar-refractivity contribution is 0.684. The zero-order chi connectivity index (χ0) is 14.7. The van der Waals surface area contributed by atoms with E-state index in [-0.39, 0.29) is 0 Å². The van der Waals surface area contributed by atoms with Gasteiger partial charge in [-0.15, -0.1) is 0 Å². The molecule has 0 saturated heterocycles. The quantitative estimate of drug-likeness (QED) is 0.873. The first kappa shape index (κ1) is 14.1. The first-order valence-corrected chi connectivity index (χ1v) is 7.80. The Hall–Kier alpha value is -1.87. The Morgan fingerprint density at radius 2 is 2.00 bits per heavy atom. The highest BCUT2D eigenvalue weighted by Gasteiger charge is 2.21. The molecule has 0 spiro atoms. The van der Waals surface area contributed by atoms with E-state index in [1.54, 1.807) is 0 Å². The fourth-order valence-corrected chi connectivity index (χ4v) is 2.65. The third-order valence-corrected chi connectivity index (χ3v) is 4.00. The number of pyridine rings is 1. The van der Waals surface area contributed by atoms with Gasteiger partial charge in [0.05, 0.1) is 0 Å². The standard InChI is InChI=1S/C18H23N3/c1-3-21(17-9-5-4-7-14(17)2)18-15(8-6-12-19-18)13-20-16-10-11-16/h4-9,12,16,20H,3,10-11,13H2,1-2H3. The zero-order valence-electron chi connectivity index (χ0n) is 12.8. The van der Waals surface area contributed by atoms with Gasteiger partial charge in [-0.3, -0.25) is 0 Å². The molecule has 2 aromatic rings. The number of anilines is 2. The highest BCUT2D eigenvalue weighted by atomic mass is 15.2. The summed E-state index contributed by atoms with van der Waals surface area (Å²) in [7, 11) is 0. The molecule has 110 valence electrons. The molecule has 0 bridgehead atoms. The fourth-order valence-electron chi connectivity index (χ4n) is 2.65. The Kier molecular flexibility index (Phi) is 4.20. The first-order valence-electron chi connectivity index (χ1n) is 7.80. The molecular weight excluding hydrogens is 258 g/mol. The van der Waals surface area contributed by atoms with Crippen molar-refractivity contribution in [3.05, 3.63) is 53.7 Å². The molecule has 1 saturated carbocycles. The van der Waals surface area contributed by atoms with Gasteiger partial charge < -0.3 is 10.2 Å². The van der Waals surface area contributed by atoms with Gasteiger partial charge in [-0.2, -0.15) is 0 Å². The second-order valence-electron chi connectivity index (χ2n) is 5.67. The number of hydrogen-bond acceptors (Lipinski definition) is 3. The number of benzene rings is 1. The van der Waals surface area contributed by atoms with Crippen LogP contribution in [0.15, 0.2) is 42.6 Å². The molecule has 0 radical (unpaired) electrons. The molecule has 0 atom stereocenters. The van der Waals surface area contributed by atoms with Gasteiger partial charge in [0.25, 0.3) is 0 Å². The van der Waals surface area contributed by atoms with Crippen LogP contribution < -0.4 is 10.2 Å². The summed E-state index contributed by atoms with van der Waals surface area (Å²) in [5, 5.41) is 3.59. The average Bonchev–Trinajstić information content (AvgIpc) is 3.33. The van der Waals surface area contributed by atoms with E-state index in [4.69, 9.17) is 0 Å². The van der Waals surface area contributed by atoms with Crippen LogP contribution in [0.5, 0.6) is 0 Å². The van der Waals surface area contributed by atoms with Crippen molar-refractivity contribution in [3.8, 4) is 0 Å². The fraction of sp³-hybridized carbons (Fsp3) is 0.389. The summed E-state index contributed by atoms with van der Waals surface area (Å²) in [5.41, 5.74) is 3.80. The molecule has 1 aromatic heterocycles. The monoisotopic (exact) mass is 281 g/mol. The minimum absolute atomic E-state index is 0.714. The normalized spacial score (nSPS) is 14.2. The lowest BCUT2D eigenvalue weighted by Gasteiger charge is -2.26. The smallest absolute Gasteiger partial charge is 0.137 e. The summed E-state index contributed by atoms with van der Waals surface area (Å²) < 4.78 is 0. The predicted octanol–water partition coefficient (Wildman–Crippen LogP) is 3.80. The number of aromatic nitrogens is 1. The summed E-state index contributed by atoms with van der Waals surface area (Å²) in [4.78, 5) is 6.96. The third-order valence-electron chi connectivity index (χ3n) is 4.00. The topological polar surface area (TPSA) is 28.2 Å². The Labute approximate surface area is 127 Å². The number of nitrogens with zero attached hydrogens (tertiary/aromatic N) is 2. The number of nitrogens with one attached hydrogen (secondary N) is 1. The number of para-hydroxylation sites is 1. The largest absolute Gasteiger partial charge is 0.326 e. The maximum absolute atomic E-state index is 4.65. The van der Waals surface area contributed by atoms with Crippen molar-refractivity contribution in [3.63, 3.8) is 0 Å². The first-order chi connectivity index (χ1) is 10.3. The van der Waals surface area contributed by atoms with Crippen LogP contribution in [0.3, 0.4) is 0 Å². The van der Waals surface area contributed by atoms with Gasteiger partial charge in [0, 0.05) is 36.6 Å². The summed E-state index contributed by atoms with van der Waals surface area (Å²) in [5.74, 6) is 1.07. The third kappa shape index (κ3) is 3.24. The van der Waals surface area contributed by atoms with Gasteiger partial charge in [-0.1, -0.05) is 24.3 Å². The molecule has 1 N–H and O–H groups in total. The second kappa shape index (κ2) is 6.27. The molecule has 0 aliphatic heterocycles. The highest BCUT2D eigenvalue weighted by molar-refractivity contribution is 5.65. The maximum Gasteiger partial charge on any atom is 0.137 e. The van der Waals surface area contributed by atoms with Crippen LogP contribution in [0.2, 0.25) is 0 Å². The summed E-state index contributed by atoms with van der Waals surface area (Å²) in [6.45, 7) is 6.15. The molecule has 1 aliphatic carbocycles. The summed E-state index contributed by atoms with van der Waals surface area (Å²) >= 11 is 0. The van der Waals surface area contributed by atoms with Crippen LogP contribution in [-0.4, -0.2) is 17.6 Å². The van der Waals surface area contributed by atoms with E-state index in [1.807, 2.05) is 12.3 Å². The highest BCUT2D eigenvalue weighted by Crippen LogP contribution is 2.29. The molecule has 1 aliphatic rings. The van der Waals surface area contributed by atoms with Gasteiger partial charge in [-0.05, 0) is 44.4 Å². The molecular formula is C18H23N3. The lowest BCUT2D eigenvalue weighted by Crippen LogP contribution is -2.23. The Balaban J connectivity index is 1.91. The van der Waals surface area contributed by atoms with E-state index in [1.165, 1.54) is 29.7 Å². The minimum atomic E-state index is 0.714. The van der Waals surface area contributed by atoms with E-state index in [0.717, 1.165) is 18.9 Å². The molecule has 1 aromatic carbocycles. The van der Waals surface area contributed by atoms with E-state index < -0.39 is 0 Å². The Morgan fingerprint density at radius 3 is 2.71 bits per heavy atom. The summed E-state index contributed by atoms with van der Waals surface area (Å²) in [6.07, 6.45) is 4.51. The van der Waals surface area contributed by atoms with Gasteiger partial charge in [0.2, 0.25) is 0 Å². The lowest BCUT2D eigenvalue weighted by atomic mass is 10.1. The minimum Gasteiger partial charge on any atom is -0.326 e. The van der Waals surface area contributed by atoms with E-state index in [9.17, 15) is 0 Å². The van der Waals surface area contributed by atoms with Crippen molar-refractivity contribution in [1.82, 2.24) is 10.3 Å². The van der Waals surface area contributed by atoms with E-state index in [2.05, 4.69) is 59.4 Å². The number of aryl methyl sites for hydroxylation is 1. The van der Waals surface area contributed by atoms with Gasteiger partial charge >= 0.3 is 0 Å². The Morgan fingerprint density at radius 1 is 1.19 bits per heavy atom. The van der Waals surface area contributed by atoms with Crippen molar-refractivity contribution >= 4 is 11.5 Å². The van der Waals surface area contributed by atoms with Crippen LogP contribution in [0.25, 0.3) is 0 Å². The van der Waals surface area contributed by atoms with Gasteiger partial charge in [0.15, 0.2) is 0 Å². The van der Waals surface area contributed by atoms with Crippen LogP contribution in [0.4, 0.5) is 11.5 Å². The summed E-state index contributed by atoms with van der Waals surface area (Å²) in [6, 6.07) is 13.4. The van der Waals surface area contributed by atoms with Crippen LogP contribution >= 0.6 is 0 Å². The second-order valence-corrected chi connectivity index (χ2v) is 5.67.